The molecule has 1 atom stereocenters. The third kappa shape index (κ3) is 12.5. The van der Waals surface area contributed by atoms with Gasteiger partial charge in [-0.15, -0.1) is 0 Å². The van der Waals surface area contributed by atoms with E-state index in [4.69, 9.17) is 9.26 Å². The molecule has 0 aliphatic heterocycles. The van der Waals surface area contributed by atoms with Gasteiger partial charge in [-0.3, -0.25) is 9.36 Å². The zero-order valence-electron chi connectivity index (χ0n) is 18.8. The van der Waals surface area contributed by atoms with Crippen molar-refractivity contribution in [2.24, 2.45) is 5.92 Å². The number of allylic oxidation sites excluding steroid dienone is 1. The number of carbonyl (C=O) groups is 2. The van der Waals surface area contributed by atoms with Crippen LogP contribution in [0.5, 0.6) is 0 Å². The summed E-state index contributed by atoms with van der Waals surface area (Å²) in [5, 5.41) is 14.6. The predicted molar refractivity (Wildman–Crippen MR) is 120 cm³/mol. The van der Waals surface area contributed by atoms with Crippen molar-refractivity contribution in [3.63, 3.8) is 0 Å². The highest BCUT2D eigenvalue weighted by atomic mass is 31.2. The van der Waals surface area contributed by atoms with E-state index >= 15 is 0 Å². The summed E-state index contributed by atoms with van der Waals surface area (Å²) in [6.07, 6.45) is 3.24. The first-order chi connectivity index (χ1) is 14.8. The quantitative estimate of drug-likeness (QED) is 0.178. The van der Waals surface area contributed by atoms with E-state index in [1.807, 2.05) is 44.2 Å². The second kappa shape index (κ2) is 15.0. The fraction of sp³-hybridized carbons (Fsp3) is 0.565. The molecule has 0 aromatic heterocycles. The van der Waals surface area contributed by atoms with E-state index in [1.54, 1.807) is 13.0 Å². The van der Waals surface area contributed by atoms with Crippen LogP contribution in [0.1, 0.15) is 45.6 Å². The maximum absolute atomic E-state index is 12.9. The van der Waals surface area contributed by atoms with Gasteiger partial charge < -0.3 is 24.5 Å². The summed E-state index contributed by atoms with van der Waals surface area (Å²) < 4.78 is 23.5. The molecule has 1 aromatic rings. The van der Waals surface area contributed by atoms with E-state index < -0.39 is 13.3 Å². The fourth-order valence-corrected chi connectivity index (χ4v) is 5.74. The van der Waals surface area contributed by atoms with Gasteiger partial charge in [0.1, 0.15) is 6.61 Å². The topological polar surface area (TPSA) is 105 Å². The Morgan fingerprint density at radius 3 is 2.52 bits per heavy atom. The Labute approximate surface area is 185 Å². The number of hydrogen-bond donors (Lipinski definition) is 1. The lowest BCUT2D eigenvalue weighted by Gasteiger charge is -2.21. The normalized spacial score (nSPS) is 13.7. The van der Waals surface area contributed by atoms with Crippen LogP contribution in [0.4, 0.5) is 0 Å². The number of carboxylic acid groups (broad SMARTS) is 1. The third-order valence-corrected chi connectivity index (χ3v) is 7.22. The van der Waals surface area contributed by atoms with Crippen LogP contribution in [0.25, 0.3) is 0 Å². The first-order valence-corrected chi connectivity index (χ1v) is 12.8. The molecule has 0 saturated heterocycles. The molecule has 0 amide bonds. The van der Waals surface area contributed by atoms with Crippen molar-refractivity contribution >= 4 is 19.3 Å². The molecule has 0 aliphatic rings. The molecule has 0 saturated carbocycles. The van der Waals surface area contributed by atoms with Crippen molar-refractivity contribution in [2.75, 3.05) is 32.0 Å². The molecule has 0 spiro atoms. The molecule has 174 valence electrons. The second-order valence-corrected chi connectivity index (χ2v) is 10.3. The van der Waals surface area contributed by atoms with Crippen LogP contribution in [0.15, 0.2) is 42.0 Å². The molecule has 8 heteroatoms. The number of aliphatic carboxylic acids is 1. The number of rotatable bonds is 16. The Morgan fingerprint density at radius 2 is 1.90 bits per heavy atom. The van der Waals surface area contributed by atoms with Gasteiger partial charge >= 0.3 is 5.97 Å². The fourth-order valence-electron chi connectivity index (χ4n) is 3.06. The molecule has 1 aromatic carbocycles. The molecule has 1 N–H and O–H groups in total. The minimum absolute atomic E-state index is 0.0296. The average Bonchev–Trinajstić information content (AvgIpc) is 2.70. The Kier molecular flexibility index (Phi) is 13.1. The van der Waals surface area contributed by atoms with E-state index in [0.29, 0.717) is 32.1 Å². The highest BCUT2D eigenvalue weighted by molar-refractivity contribution is 7.59. The van der Waals surface area contributed by atoms with Crippen LogP contribution >= 0.6 is 7.37 Å². The molecule has 0 aliphatic carbocycles. The monoisotopic (exact) mass is 452 g/mol. The second-order valence-electron chi connectivity index (χ2n) is 7.77. The number of hydrogen-bond acceptors (Lipinski definition) is 7. The molecule has 0 radical (unpaired) electrons. The Hall–Kier alpha value is -1.95. The maximum atomic E-state index is 12.9. The molecule has 1 rings (SSSR count). The molecule has 0 bridgehead atoms. The molecule has 0 heterocycles. The largest absolute Gasteiger partial charge is 0.545 e. The Balaban J connectivity index is 2.31. The van der Waals surface area contributed by atoms with E-state index in [2.05, 4.69) is 5.32 Å². The molecule has 0 fully saturated rings. The summed E-state index contributed by atoms with van der Waals surface area (Å²) in [5.41, 5.74) is 0.975. The number of unbranched alkanes of at least 4 members (excludes halogenated alkanes) is 1. The van der Waals surface area contributed by atoms with Gasteiger partial charge in [0.15, 0.2) is 0 Å². The van der Waals surface area contributed by atoms with Crippen LogP contribution in [0.2, 0.25) is 0 Å². The molecule has 1 unspecified atom stereocenters. The standard InChI is InChI=1S/C23H36NO6P/c1-4-30-31(28,17-19(2)3)18-21(23(26)27)12-8-9-14-24-15-13-22(25)29-16-20-10-6-5-7-11-20/h5-7,10-12,19,24H,4,8-9,13-18H2,1-3H3,(H,26,27)/p-1/b21-12+. The van der Waals surface area contributed by atoms with Crippen molar-refractivity contribution < 1.29 is 28.5 Å². The van der Waals surface area contributed by atoms with Gasteiger partial charge in [-0.2, -0.15) is 0 Å². The van der Waals surface area contributed by atoms with Gasteiger partial charge in [0.05, 0.1) is 25.2 Å². The average molecular weight is 453 g/mol. The molecular formula is C23H35NO6P-. The van der Waals surface area contributed by atoms with Crippen LogP contribution in [0.3, 0.4) is 0 Å². The number of benzene rings is 1. The van der Waals surface area contributed by atoms with Gasteiger partial charge in [-0.1, -0.05) is 50.3 Å². The van der Waals surface area contributed by atoms with Crippen LogP contribution < -0.4 is 10.4 Å². The summed E-state index contributed by atoms with van der Waals surface area (Å²) in [6.45, 7) is 7.25. The zero-order chi connectivity index (χ0) is 23.1. The van der Waals surface area contributed by atoms with E-state index in [-0.39, 0.29) is 43.3 Å². The SMILES string of the molecule is CCOP(=O)(C/C(=C\CCCNCCC(=O)OCc1ccccc1)C(=O)[O-])CC(C)C. The van der Waals surface area contributed by atoms with Crippen molar-refractivity contribution in [3.05, 3.63) is 47.5 Å². The van der Waals surface area contributed by atoms with Crippen molar-refractivity contribution in [3.8, 4) is 0 Å². The number of carboxylic acids is 1. The summed E-state index contributed by atoms with van der Waals surface area (Å²) in [6, 6.07) is 9.49. The van der Waals surface area contributed by atoms with Crippen molar-refractivity contribution in [1.82, 2.24) is 5.32 Å². The van der Waals surface area contributed by atoms with Gasteiger partial charge in [-0.05, 0) is 43.4 Å². The van der Waals surface area contributed by atoms with Crippen molar-refractivity contribution in [2.45, 2.75) is 46.6 Å². The van der Waals surface area contributed by atoms with E-state index in [9.17, 15) is 19.3 Å². The lowest BCUT2D eigenvalue weighted by molar-refractivity contribution is -0.299. The van der Waals surface area contributed by atoms with Gasteiger partial charge in [0.2, 0.25) is 7.37 Å². The Bertz CT molecular complexity index is 748. The first kappa shape index (κ1) is 27.1. The van der Waals surface area contributed by atoms with Crippen LogP contribution in [0, 0.1) is 5.92 Å². The van der Waals surface area contributed by atoms with Crippen LogP contribution in [-0.4, -0.2) is 44.0 Å². The lowest BCUT2D eigenvalue weighted by Crippen LogP contribution is -2.27. The van der Waals surface area contributed by atoms with E-state index in [1.165, 1.54) is 0 Å². The van der Waals surface area contributed by atoms with Gasteiger partial charge in [-0.25, -0.2) is 0 Å². The van der Waals surface area contributed by atoms with Crippen LogP contribution in [-0.2, 0) is 30.0 Å². The number of esters is 1. The summed E-state index contributed by atoms with van der Waals surface area (Å²) in [4.78, 5) is 23.2. The highest BCUT2D eigenvalue weighted by Gasteiger charge is 2.26. The number of nitrogens with one attached hydrogen (secondary N) is 1. The van der Waals surface area contributed by atoms with E-state index in [0.717, 1.165) is 5.56 Å². The zero-order valence-corrected chi connectivity index (χ0v) is 19.7. The highest BCUT2D eigenvalue weighted by Crippen LogP contribution is 2.49. The summed E-state index contributed by atoms with van der Waals surface area (Å²) in [5.74, 6) is -1.44. The molecule has 7 nitrogen and oxygen atoms in total. The van der Waals surface area contributed by atoms with Gasteiger partial charge in [0, 0.05) is 12.7 Å². The number of ether oxygens (including phenoxy) is 1. The first-order valence-electron chi connectivity index (χ1n) is 10.8. The third-order valence-electron chi connectivity index (χ3n) is 4.38. The molecule has 31 heavy (non-hydrogen) atoms. The number of carbonyl (C=O) groups excluding carboxylic acids is 2. The van der Waals surface area contributed by atoms with Gasteiger partial charge in [0.25, 0.3) is 0 Å². The minimum Gasteiger partial charge on any atom is -0.545 e. The van der Waals surface area contributed by atoms with Crippen molar-refractivity contribution in [1.29, 1.82) is 0 Å². The maximum Gasteiger partial charge on any atom is 0.307 e. The predicted octanol–water partition coefficient (Wildman–Crippen LogP) is 3.14. The minimum atomic E-state index is -3.05. The smallest absolute Gasteiger partial charge is 0.307 e. The molecular weight excluding hydrogens is 417 g/mol. The summed E-state index contributed by atoms with van der Waals surface area (Å²) in [7, 11) is -3.05. The summed E-state index contributed by atoms with van der Waals surface area (Å²) >= 11 is 0. The lowest BCUT2D eigenvalue weighted by atomic mass is 10.2. The Morgan fingerprint density at radius 1 is 1.19 bits per heavy atom.